The normalized spacial score (nSPS) is 14.2. The van der Waals surface area contributed by atoms with Crippen LogP contribution in [0.3, 0.4) is 0 Å². The standard InChI is InChI=1S/C22H17ClN2O2S/c1-13-8-9-14(2)17(11-13)24-20-19(18-7-4-10-28-18)21(26)25(22(20)27)16-6-3-5-15(23)12-16/h3-12,24H,1-2H3. The summed E-state index contributed by atoms with van der Waals surface area (Å²) < 4.78 is 0. The number of thiophene rings is 1. The van der Waals surface area contributed by atoms with Crippen LogP contribution in [0, 0.1) is 13.8 Å². The Morgan fingerprint density at radius 3 is 2.50 bits per heavy atom. The molecule has 0 radical (unpaired) electrons. The van der Waals surface area contributed by atoms with Crippen LogP contribution < -0.4 is 10.2 Å². The van der Waals surface area contributed by atoms with Crippen molar-refractivity contribution >= 4 is 51.7 Å². The number of amides is 2. The summed E-state index contributed by atoms with van der Waals surface area (Å²) in [5, 5.41) is 5.58. The molecule has 0 unspecified atom stereocenters. The van der Waals surface area contributed by atoms with Crippen LogP contribution in [0.1, 0.15) is 16.0 Å². The van der Waals surface area contributed by atoms with Crippen LogP contribution in [0.4, 0.5) is 11.4 Å². The monoisotopic (exact) mass is 408 g/mol. The van der Waals surface area contributed by atoms with Crippen molar-refractivity contribution in [2.45, 2.75) is 13.8 Å². The molecule has 28 heavy (non-hydrogen) atoms. The zero-order chi connectivity index (χ0) is 19.8. The van der Waals surface area contributed by atoms with Crippen LogP contribution in [-0.4, -0.2) is 11.8 Å². The predicted molar refractivity (Wildman–Crippen MR) is 115 cm³/mol. The van der Waals surface area contributed by atoms with Gasteiger partial charge in [-0.3, -0.25) is 9.59 Å². The van der Waals surface area contributed by atoms with Gasteiger partial charge in [-0.05, 0) is 60.7 Å². The Kier molecular flexibility index (Phi) is 4.79. The maximum Gasteiger partial charge on any atom is 0.282 e. The molecular weight excluding hydrogens is 392 g/mol. The van der Waals surface area contributed by atoms with Gasteiger partial charge < -0.3 is 5.32 Å². The van der Waals surface area contributed by atoms with E-state index in [9.17, 15) is 9.59 Å². The molecular formula is C22H17ClN2O2S. The van der Waals surface area contributed by atoms with E-state index in [2.05, 4.69) is 5.32 Å². The van der Waals surface area contributed by atoms with E-state index in [0.717, 1.165) is 21.7 Å². The minimum Gasteiger partial charge on any atom is -0.350 e. The van der Waals surface area contributed by atoms with Crippen molar-refractivity contribution in [2.75, 3.05) is 10.2 Å². The second-order valence-electron chi connectivity index (χ2n) is 6.60. The lowest BCUT2D eigenvalue weighted by Crippen LogP contribution is -2.32. The molecule has 1 aliphatic heterocycles. The van der Waals surface area contributed by atoms with Crippen LogP contribution in [0.2, 0.25) is 5.02 Å². The lowest BCUT2D eigenvalue weighted by molar-refractivity contribution is -0.120. The van der Waals surface area contributed by atoms with E-state index in [4.69, 9.17) is 11.6 Å². The van der Waals surface area contributed by atoms with Gasteiger partial charge in [0.1, 0.15) is 5.70 Å². The SMILES string of the molecule is Cc1ccc(C)c(NC2=C(c3cccs3)C(=O)N(c3cccc(Cl)c3)C2=O)c1. The van der Waals surface area contributed by atoms with Crippen molar-refractivity contribution in [2.24, 2.45) is 0 Å². The van der Waals surface area contributed by atoms with Gasteiger partial charge in [0.25, 0.3) is 11.8 Å². The summed E-state index contributed by atoms with van der Waals surface area (Å²) in [6.07, 6.45) is 0. The highest BCUT2D eigenvalue weighted by Gasteiger charge is 2.40. The van der Waals surface area contributed by atoms with Gasteiger partial charge in [0, 0.05) is 15.6 Å². The first-order valence-electron chi connectivity index (χ1n) is 8.72. The highest BCUT2D eigenvalue weighted by Crippen LogP contribution is 2.36. The zero-order valence-corrected chi connectivity index (χ0v) is 16.9. The third-order valence-corrected chi connectivity index (χ3v) is 5.69. The van der Waals surface area contributed by atoms with Gasteiger partial charge in [-0.15, -0.1) is 11.3 Å². The molecule has 0 atom stereocenters. The third-order valence-electron chi connectivity index (χ3n) is 4.57. The Morgan fingerprint density at radius 2 is 1.79 bits per heavy atom. The molecule has 2 amide bonds. The number of nitrogens with zero attached hydrogens (tertiary/aromatic N) is 1. The molecule has 0 saturated carbocycles. The highest BCUT2D eigenvalue weighted by atomic mass is 35.5. The van der Waals surface area contributed by atoms with Crippen molar-refractivity contribution < 1.29 is 9.59 Å². The molecule has 1 aliphatic rings. The van der Waals surface area contributed by atoms with Gasteiger partial charge in [-0.1, -0.05) is 35.9 Å². The fourth-order valence-electron chi connectivity index (χ4n) is 3.15. The second kappa shape index (κ2) is 7.26. The van der Waals surface area contributed by atoms with Crippen molar-refractivity contribution in [3.63, 3.8) is 0 Å². The summed E-state index contributed by atoms with van der Waals surface area (Å²) in [6.45, 7) is 3.95. The van der Waals surface area contributed by atoms with Crippen LogP contribution in [0.25, 0.3) is 5.57 Å². The second-order valence-corrected chi connectivity index (χ2v) is 7.98. The molecule has 0 fully saturated rings. The van der Waals surface area contributed by atoms with E-state index in [1.807, 2.05) is 49.6 Å². The predicted octanol–water partition coefficient (Wildman–Crippen LogP) is 5.41. The average Bonchev–Trinajstić information content (AvgIpc) is 3.25. The third kappa shape index (κ3) is 3.23. The minimum absolute atomic E-state index is 0.279. The van der Waals surface area contributed by atoms with Crippen LogP contribution in [0.5, 0.6) is 0 Å². The Morgan fingerprint density at radius 1 is 0.964 bits per heavy atom. The molecule has 0 saturated heterocycles. The molecule has 140 valence electrons. The highest BCUT2D eigenvalue weighted by molar-refractivity contribution is 7.11. The first-order chi connectivity index (χ1) is 13.5. The number of hydrogen-bond donors (Lipinski definition) is 1. The maximum atomic E-state index is 13.3. The number of benzene rings is 2. The molecule has 6 heteroatoms. The van der Waals surface area contributed by atoms with E-state index in [1.54, 1.807) is 24.3 Å². The minimum atomic E-state index is -0.392. The zero-order valence-electron chi connectivity index (χ0n) is 15.3. The van der Waals surface area contributed by atoms with Crippen LogP contribution >= 0.6 is 22.9 Å². The Labute approximate surface area is 172 Å². The van der Waals surface area contributed by atoms with Gasteiger partial charge >= 0.3 is 0 Å². The topological polar surface area (TPSA) is 49.4 Å². The van der Waals surface area contributed by atoms with E-state index in [1.165, 1.54) is 16.2 Å². The largest absolute Gasteiger partial charge is 0.350 e. The summed E-state index contributed by atoms with van der Waals surface area (Å²) in [4.78, 5) is 28.5. The Balaban J connectivity index is 1.83. The van der Waals surface area contributed by atoms with E-state index >= 15 is 0 Å². The summed E-state index contributed by atoms with van der Waals surface area (Å²) in [6, 6.07) is 16.4. The molecule has 2 heterocycles. The summed E-state index contributed by atoms with van der Waals surface area (Å²) in [7, 11) is 0. The number of carbonyl (C=O) groups is 2. The van der Waals surface area contributed by atoms with Gasteiger partial charge in [0.05, 0.1) is 11.3 Å². The van der Waals surface area contributed by atoms with E-state index < -0.39 is 5.91 Å². The lowest BCUT2D eigenvalue weighted by atomic mass is 10.1. The number of hydrogen-bond acceptors (Lipinski definition) is 4. The summed E-state index contributed by atoms with van der Waals surface area (Å²) in [5.74, 6) is -0.751. The van der Waals surface area contributed by atoms with Crippen molar-refractivity contribution in [1.82, 2.24) is 0 Å². The maximum absolute atomic E-state index is 13.3. The summed E-state index contributed by atoms with van der Waals surface area (Å²) >= 11 is 7.51. The number of anilines is 2. The van der Waals surface area contributed by atoms with Gasteiger partial charge in [-0.25, -0.2) is 4.90 Å². The molecule has 0 aliphatic carbocycles. The smallest absolute Gasteiger partial charge is 0.282 e. The molecule has 0 bridgehead atoms. The van der Waals surface area contributed by atoms with Gasteiger partial charge in [-0.2, -0.15) is 0 Å². The van der Waals surface area contributed by atoms with Crippen LogP contribution in [0.15, 0.2) is 65.7 Å². The number of aryl methyl sites for hydroxylation is 2. The number of halogens is 1. The Bertz CT molecular complexity index is 1120. The van der Waals surface area contributed by atoms with Crippen molar-refractivity contribution in [1.29, 1.82) is 0 Å². The number of carbonyl (C=O) groups excluding carboxylic acids is 2. The van der Waals surface area contributed by atoms with Crippen molar-refractivity contribution in [3.05, 3.63) is 86.7 Å². The average molecular weight is 409 g/mol. The summed E-state index contributed by atoms with van der Waals surface area (Å²) in [5.41, 5.74) is 3.97. The van der Waals surface area contributed by atoms with Crippen LogP contribution in [-0.2, 0) is 9.59 Å². The fraction of sp³-hybridized carbons (Fsp3) is 0.0909. The van der Waals surface area contributed by atoms with E-state index in [-0.39, 0.29) is 11.6 Å². The van der Waals surface area contributed by atoms with Crippen molar-refractivity contribution in [3.8, 4) is 0 Å². The molecule has 1 aromatic heterocycles. The molecule has 0 spiro atoms. The first-order valence-corrected chi connectivity index (χ1v) is 9.98. The fourth-order valence-corrected chi connectivity index (χ4v) is 4.10. The Hall–Kier alpha value is -2.89. The van der Waals surface area contributed by atoms with E-state index in [0.29, 0.717) is 16.3 Å². The lowest BCUT2D eigenvalue weighted by Gasteiger charge is -2.16. The molecule has 1 N–H and O–H groups in total. The molecule has 2 aromatic carbocycles. The first kappa shape index (κ1) is 18.5. The molecule has 4 nitrogen and oxygen atoms in total. The quantitative estimate of drug-likeness (QED) is 0.587. The van der Waals surface area contributed by atoms with Gasteiger partial charge in [0.2, 0.25) is 0 Å². The number of rotatable bonds is 4. The number of nitrogens with one attached hydrogen (secondary N) is 1. The number of imide groups is 1. The molecule has 4 rings (SSSR count). The molecule has 3 aromatic rings. The van der Waals surface area contributed by atoms with Gasteiger partial charge in [0.15, 0.2) is 0 Å².